The van der Waals surface area contributed by atoms with Crippen LogP contribution in [0.2, 0.25) is 0 Å². The van der Waals surface area contributed by atoms with Gasteiger partial charge in [-0.05, 0) is 42.3 Å². The molecular formula is C20H20O4. The molecule has 0 amide bonds. The first-order valence-corrected chi connectivity index (χ1v) is 7.94. The summed E-state index contributed by atoms with van der Waals surface area (Å²) in [7, 11) is 1.63. The second-order valence-electron chi connectivity index (χ2n) is 6.10. The van der Waals surface area contributed by atoms with E-state index in [1.54, 1.807) is 19.3 Å². The first-order valence-electron chi connectivity index (χ1n) is 7.94. The first kappa shape index (κ1) is 16.1. The molecule has 0 unspecified atom stereocenters. The van der Waals surface area contributed by atoms with Crippen LogP contribution in [0, 0.1) is 5.92 Å². The molecule has 0 fully saturated rings. The molecule has 1 aliphatic heterocycles. The zero-order valence-corrected chi connectivity index (χ0v) is 14.0. The highest BCUT2D eigenvalue weighted by molar-refractivity contribution is 5.99. The van der Waals surface area contributed by atoms with Gasteiger partial charge in [-0.2, -0.15) is 0 Å². The molecule has 2 heterocycles. The number of methoxy groups -OCH3 is 1. The first-order chi connectivity index (χ1) is 11.6. The lowest BCUT2D eigenvalue weighted by Gasteiger charge is -2.04. The van der Waals surface area contributed by atoms with Crippen molar-refractivity contribution in [2.75, 3.05) is 7.11 Å². The monoisotopic (exact) mass is 324 g/mol. The minimum Gasteiger partial charge on any atom is -0.496 e. The minimum atomic E-state index is -0.333. The number of carbonyl (C=O) groups is 1. The van der Waals surface area contributed by atoms with Crippen LogP contribution in [0.25, 0.3) is 17.4 Å². The molecule has 1 aliphatic rings. The molecule has 24 heavy (non-hydrogen) atoms. The highest BCUT2D eigenvalue weighted by Gasteiger charge is 2.21. The second-order valence-corrected chi connectivity index (χ2v) is 6.10. The Morgan fingerprint density at radius 2 is 1.96 bits per heavy atom. The lowest BCUT2D eigenvalue weighted by molar-refractivity contribution is -0.133. The van der Waals surface area contributed by atoms with Crippen molar-refractivity contribution < 1.29 is 18.7 Å². The summed E-state index contributed by atoms with van der Waals surface area (Å²) in [5.41, 5.74) is 1.38. The summed E-state index contributed by atoms with van der Waals surface area (Å²) in [5, 5.41) is 0. The van der Waals surface area contributed by atoms with Crippen molar-refractivity contribution in [3.8, 4) is 17.1 Å². The van der Waals surface area contributed by atoms with Gasteiger partial charge in [0.25, 0.3) is 0 Å². The van der Waals surface area contributed by atoms with Crippen LogP contribution in [0.5, 0.6) is 5.75 Å². The van der Waals surface area contributed by atoms with Gasteiger partial charge in [0.05, 0.1) is 18.2 Å². The van der Waals surface area contributed by atoms with Crippen molar-refractivity contribution in [1.29, 1.82) is 0 Å². The number of allylic oxidation sites excluding steroid dienone is 1. The molecule has 0 bridgehead atoms. The third-order valence-electron chi connectivity index (χ3n) is 3.68. The molecule has 0 spiro atoms. The Balaban J connectivity index is 1.86. The number of benzene rings is 1. The largest absolute Gasteiger partial charge is 0.496 e. The number of para-hydroxylation sites is 1. The Hall–Kier alpha value is -2.75. The van der Waals surface area contributed by atoms with Crippen molar-refractivity contribution in [2.45, 2.75) is 20.3 Å². The molecule has 0 atom stereocenters. The summed E-state index contributed by atoms with van der Waals surface area (Å²) in [6.45, 7) is 4.17. The average Bonchev–Trinajstić information content (AvgIpc) is 3.14. The van der Waals surface area contributed by atoms with Crippen LogP contribution in [-0.2, 0) is 9.53 Å². The number of furan rings is 1. The predicted molar refractivity (Wildman–Crippen MR) is 92.3 cm³/mol. The quantitative estimate of drug-likeness (QED) is 0.584. The van der Waals surface area contributed by atoms with Gasteiger partial charge in [0.1, 0.15) is 23.0 Å². The molecular weight excluding hydrogens is 304 g/mol. The molecule has 4 nitrogen and oxygen atoms in total. The summed E-state index contributed by atoms with van der Waals surface area (Å²) < 4.78 is 16.5. The van der Waals surface area contributed by atoms with Gasteiger partial charge in [0.2, 0.25) is 0 Å². The highest BCUT2D eigenvalue weighted by atomic mass is 16.5. The minimum absolute atomic E-state index is 0.333. The van der Waals surface area contributed by atoms with E-state index in [0.29, 0.717) is 28.8 Å². The van der Waals surface area contributed by atoms with Crippen LogP contribution in [0.4, 0.5) is 0 Å². The lowest BCUT2D eigenvalue weighted by Crippen LogP contribution is -1.98. The standard InChI is InChI=1S/C20H20O4/c1-13(2)10-16-12-14(20(21)24-16)11-15-8-9-19(23-15)17-6-4-5-7-18(17)22-3/h4-9,11-13H,10H2,1-3H3. The van der Waals surface area contributed by atoms with Crippen molar-refractivity contribution in [3.05, 3.63) is 59.6 Å². The summed E-state index contributed by atoms with van der Waals surface area (Å²) >= 11 is 0. The Bertz CT molecular complexity index is 809. The molecule has 1 aromatic heterocycles. The van der Waals surface area contributed by atoms with Crippen LogP contribution in [0.1, 0.15) is 26.0 Å². The molecule has 2 aromatic rings. The van der Waals surface area contributed by atoms with Crippen molar-refractivity contribution in [3.63, 3.8) is 0 Å². The summed E-state index contributed by atoms with van der Waals surface area (Å²) in [6.07, 6.45) is 4.23. The molecule has 3 rings (SSSR count). The van der Waals surface area contributed by atoms with Gasteiger partial charge in [-0.25, -0.2) is 4.79 Å². The number of ether oxygens (including phenoxy) is 2. The molecule has 4 heteroatoms. The van der Waals surface area contributed by atoms with Crippen LogP contribution in [-0.4, -0.2) is 13.1 Å². The van der Waals surface area contributed by atoms with Crippen molar-refractivity contribution in [1.82, 2.24) is 0 Å². The number of carbonyl (C=O) groups excluding carboxylic acids is 1. The topological polar surface area (TPSA) is 48.7 Å². The molecule has 1 aromatic carbocycles. The van der Waals surface area contributed by atoms with Gasteiger partial charge < -0.3 is 13.9 Å². The van der Waals surface area contributed by atoms with Gasteiger partial charge >= 0.3 is 5.97 Å². The van der Waals surface area contributed by atoms with E-state index in [1.807, 2.05) is 36.4 Å². The second kappa shape index (κ2) is 6.79. The fraction of sp³-hybridized carbons (Fsp3) is 0.250. The molecule has 0 N–H and O–H groups in total. The van der Waals surface area contributed by atoms with Crippen LogP contribution in [0.3, 0.4) is 0 Å². The summed E-state index contributed by atoms with van der Waals surface area (Å²) in [4.78, 5) is 11.9. The van der Waals surface area contributed by atoms with Crippen LogP contribution >= 0.6 is 0 Å². The van der Waals surface area contributed by atoms with E-state index >= 15 is 0 Å². The number of hydrogen-bond donors (Lipinski definition) is 0. The van der Waals surface area contributed by atoms with Gasteiger partial charge in [-0.1, -0.05) is 26.0 Å². The Kier molecular flexibility index (Phi) is 4.56. The van der Waals surface area contributed by atoms with Crippen molar-refractivity contribution in [2.24, 2.45) is 5.92 Å². The maximum Gasteiger partial charge on any atom is 0.343 e. The number of esters is 1. The Morgan fingerprint density at radius 3 is 2.71 bits per heavy atom. The van der Waals surface area contributed by atoms with E-state index in [2.05, 4.69) is 13.8 Å². The van der Waals surface area contributed by atoms with E-state index in [1.165, 1.54) is 0 Å². The third-order valence-corrected chi connectivity index (χ3v) is 3.68. The Labute approximate surface area is 141 Å². The fourth-order valence-corrected chi connectivity index (χ4v) is 2.62. The van der Waals surface area contributed by atoms with Gasteiger partial charge in [-0.15, -0.1) is 0 Å². The summed E-state index contributed by atoms with van der Waals surface area (Å²) in [6, 6.07) is 11.3. The van der Waals surface area contributed by atoms with E-state index in [-0.39, 0.29) is 5.97 Å². The zero-order valence-electron chi connectivity index (χ0n) is 14.0. The van der Waals surface area contributed by atoms with E-state index in [0.717, 1.165) is 17.7 Å². The molecule has 0 radical (unpaired) electrons. The SMILES string of the molecule is COc1ccccc1-c1ccc(C=C2C=C(CC(C)C)OC2=O)o1. The maximum atomic E-state index is 11.9. The van der Waals surface area contributed by atoms with E-state index in [4.69, 9.17) is 13.9 Å². The van der Waals surface area contributed by atoms with E-state index < -0.39 is 0 Å². The number of hydrogen-bond acceptors (Lipinski definition) is 4. The molecule has 0 saturated carbocycles. The van der Waals surface area contributed by atoms with Gasteiger partial charge in [0.15, 0.2) is 0 Å². The zero-order chi connectivity index (χ0) is 17.1. The van der Waals surface area contributed by atoms with Gasteiger partial charge in [0, 0.05) is 6.42 Å². The summed E-state index contributed by atoms with van der Waals surface area (Å²) in [5.74, 6) is 2.84. The Morgan fingerprint density at radius 1 is 1.17 bits per heavy atom. The van der Waals surface area contributed by atoms with Crippen molar-refractivity contribution >= 4 is 12.0 Å². The number of cyclic esters (lactones) is 1. The van der Waals surface area contributed by atoms with Gasteiger partial charge in [-0.3, -0.25) is 0 Å². The third kappa shape index (κ3) is 3.43. The van der Waals surface area contributed by atoms with E-state index in [9.17, 15) is 4.79 Å². The smallest absolute Gasteiger partial charge is 0.343 e. The lowest BCUT2D eigenvalue weighted by atomic mass is 10.1. The molecule has 0 saturated heterocycles. The highest BCUT2D eigenvalue weighted by Crippen LogP contribution is 2.32. The van der Waals surface area contributed by atoms with Crippen LogP contribution in [0.15, 0.2) is 58.2 Å². The van der Waals surface area contributed by atoms with Crippen LogP contribution < -0.4 is 4.74 Å². The molecule has 0 aliphatic carbocycles. The predicted octanol–water partition coefficient (Wildman–Crippen LogP) is 4.83. The maximum absolute atomic E-state index is 11.9. The average molecular weight is 324 g/mol. The molecule has 124 valence electrons. The fourth-order valence-electron chi connectivity index (χ4n) is 2.62. The number of rotatable bonds is 5. The normalized spacial score (nSPS) is 15.8.